The lowest BCUT2D eigenvalue weighted by Crippen LogP contribution is -2.38. The van der Waals surface area contributed by atoms with Crippen LogP contribution in [-0.2, 0) is 17.7 Å². The highest BCUT2D eigenvalue weighted by atomic mass is 32.2. The molecule has 1 aliphatic carbocycles. The molecule has 0 unspecified atom stereocenters. The lowest BCUT2D eigenvalue weighted by Gasteiger charge is -2.29. The van der Waals surface area contributed by atoms with Gasteiger partial charge in [0.15, 0.2) is 0 Å². The van der Waals surface area contributed by atoms with Crippen molar-refractivity contribution in [1.29, 1.82) is 0 Å². The van der Waals surface area contributed by atoms with E-state index in [-0.39, 0.29) is 17.0 Å². The third-order valence-electron chi connectivity index (χ3n) is 10.3. The minimum Gasteiger partial charge on any atom is -0.478 e. The topological polar surface area (TPSA) is 122 Å². The van der Waals surface area contributed by atoms with E-state index in [0.29, 0.717) is 30.9 Å². The zero-order valence-electron chi connectivity index (χ0n) is 32.5. The maximum absolute atomic E-state index is 11.6. The van der Waals surface area contributed by atoms with E-state index < -0.39 is 5.97 Å². The summed E-state index contributed by atoms with van der Waals surface area (Å²) in [6, 6.07) is 17.7. The second-order valence-corrected chi connectivity index (χ2v) is 16.8. The van der Waals surface area contributed by atoms with Crippen molar-refractivity contribution < 1.29 is 19.4 Å². The summed E-state index contributed by atoms with van der Waals surface area (Å²) >= 11 is 1.29. The Morgan fingerprint density at radius 3 is 2.54 bits per heavy atom. The van der Waals surface area contributed by atoms with Gasteiger partial charge in [0, 0.05) is 41.7 Å². The van der Waals surface area contributed by atoms with Crippen LogP contribution in [0.5, 0.6) is 5.88 Å². The minimum absolute atomic E-state index is 0.0356. The Kier molecular flexibility index (Phi) is 13.5. The predicted molar refractivity (Wildman–Crippen MR) is 218 cm³/mol. The number of anilines is 2. The van der Waals surface area contributed by atoms with Crippen LogP contribution in [0.3, 0.4) is 0 Å². The van der Waals surface area contributed by atoms with Gasteiger partial charge in [-0.05, 0) is 91.4 Å². The quantitative estimate of drug-likeness (QED) is 0.101. The van der Waals surface area contributed by atoms with Crippen LogP contribution in [0, 0.1) is 25.2 Å². The van der Waals surface area contributed by atoms with Gasteiger partial charge in [-0.2, -0.15) is 4.98 Å². The number of pyridine rings is 1. The molecule has 0 radical (unpaired) electrons. The van der Waals surface area contributed by atoms with E-state index in [4.69, 9.17) is 24.4 Å². The first-order chi connectivity index (χ1) is 26.0. The molecule has 0 bridgehead atoms. The molecule has 11 heteroatoms. The summed E-state index contributed by atoms with van der Waals surface area (Å²) in [4.78, 5) is 29.5. The Morgan fingerprint density at radius 2 is 1.81 bits per heavy atom. The standard InChI is InChI=1S/C43H56N6O4S/c1-29-11-9-14-32(23-31-12-7-6-8-13-31)38(29)39-30(2)40(47-42(46-39)48-54-37-16-10-15-33(24-37)41(50)51)53-28-35(25-43(3,4)5)44-26-34-17-18-36(27-45-34)49-19-21-52-22-20-49/h9-11,14-18,24,27,31,35,44H,6-8,12-13,19-23,25-26,28H2,1-5H3,(H,50,51)(H,46,47,48)/t35-/m1/s1. The maximum atomic E-state index is 11.6. The summed E-state index contributed by atoms with van der Waals surface area (Å²) in [5.74, 6) is 0.642. The lowest BCUT2D eigenvalue weighted by atomic mass is 9.82. The van der Waals surface area contributed by atoms with Crippen molar-refractivity contribution in [1.82, 2.24) is 20.3 Å². The Hall–Kier alpha value is -4.19. The molecule has 4 aromatic rings. The third kappa shape index (κ3) is 11.0. The number of nitrogens with one attached hydrogen (secondary N) is 2. The molecule has 0 spiro atoms. The number of ether oxygens (including phenoxy) is 2. The van der Waals surface area contributed by atoms with E-state index in [9.17, 15) is 9.90 Å². The molecule has 3 heterocycles. The van der Waals surface area contributed by atoms with E-state index in [1.165, 1.54) is 55.2 Å². The summed E-state index contributed by atoms with van der Waals surface area (Å²) in [7, 11) is 0. The summed E-state index contributed by atoms with van der Waals surface area (Å²) in [6.07, 6.45) is 10.3. The van der Waals surface area contributed by atoms with Gasteiger partial charge in [0.05, 0.1) is 42.0 Å². The van der Waals surface area contributed by atoms with Gasteiger partial charge in [-0.25, -0.2) is 9.78 Å². The first kappa shape index (κ1) is 39.5. The monoisotopic (exact) mass is 752 g/mol. The first-order valence-electron chi connectivity index (χ1n) is 19.4. The van der Waals surface area contributed by atoms with Gasteiger partial charge in [-0.1, -0.05) is 77.1 Å². The number of carboxylic acid groups (broad SMARTS) is 1. The smallest absolute Gasteiger partial charge is 0.335 e. The van der Waals surface area contributed by atoms with Gasteiger partial charge >= 0.3 is 5.97 Å². The molecule has 2 aliphatic rings. The number of carboxylic acids is 1. The molecule has 10 nitrogen and oxygen atoms in total. The van der Waals surface area contributed by atoms with Crippen LogP contribution in [0.15, 0.2) is 65.7 Å². The van der Waals surface area contributed by atoms with Crippen molar-refractivity contribution in [2.24, 2.45) is 11.3 Å². The average molecular weight is 753 g/mol. The Labute approximate surface area is 325 Å². The van der Waals surface area contributed by atoms with Crippen molar-refractivity contribution in [2.45, 2.75) is 97.0 Å². The molecule has 3 N–H and O–H groups in total. The molecular weight excluding hydrogens is 697 g/mol. The maximum Gasteiger partial charge on any atom is 0.335 e. The minimum atomic E-state index is -0.966. The van der Waals surface area contributed by atoms with Crippen LogP contribution in [-0.4, -0.2) is 65.0 Å². The number of carbonyl (C=O) groups is 1. The highest BCUT2D eigenvalue weighted by Gasteiger charge is 2.24. The third-order valence-corrected chi connectivity index (χ3v) is 11.1. The van der Waals surface area contributed by atoms with Crippen molar-refractivity contribution in [3.63, 3.8) is 0 Å². The van der Waals surface area contributed by atoms with Crippen LogP contribution in [0.25, 0.3) is 11.3 Å². The van der Waals surface area contributed by atoms with E-state index in [0.717, 1.165) is 72.2 Å². The molecular formula is C43H56N6O4S. The first-order valence-corrected chi connectivity index (χ1v) is 20.2. The predicted octanol–water partition coefficient (Wildman–Crippen LogP) is 8.91. The molecule has 6 rings (SSSR count). The van der Waals surface area contributed by atoms with Crippen LogP contribution in [0.4, 0.5) is 11.6 Å². The Morgan fingerprint density at radius 1 is 1.04 bits per heavy atom. The number of hydrogen-bond donors (Lipinski definition) is 3. The largest absolute Gasteiger partial charge is 0.478 e. The molecule has 1 saturated heterocycles. The molecule has 2 fully saturated rings. The SMILES string of the molecule is Cc1cccc(CC2CCCCC2)c1-c1nc(NSc2cccc(C(=O)O)c2)nc(OC[C@@H](CC(C)(C)C)NCc2ccc(N3CCOCC3)cn2)c1C. The van der Waals surface area contributed by atoms with Gasteiger partial charge in [-0.3, -0.25) is 9.71 Å². The van der Waals surface area contributed by atoms with Crippen LogP contribution in [0.1, 0.15) is 92.0 Å². The normalized spacial score (nSPS) is 15.9. The van der Waals surface area contributed by atoms with Gasteiger partial charge < -0.3 is 24.8 Å². The van der Waals surface area contributed by atoms with E-state index in [1.54, 1.807) is 18.2 Å². The van der Waals surface area contributed by atoms with Gasteiger partial charge in [-0.15, -0.1) is 0 Å². The number of rotatable bonds is 15. The van der Waals surface area contributed by atoms with Crippen LogP contribution < -0.4 is 19.7 Å². The lowest BCUT2D eigenvalue weighted by molar-refractivity contribution is 0.0696. The zero-order chi connectivity index (χ0) is 38.1. The van der Waals surface area contributed by atoms with Crippen molar-refractivity contribution >= 4 is 29.6 Å². The van der Waals surface area contributed by atoms with Crippen LogP contribution >= 0.6 is 11.9 Å². The number of nitrogens with zero attached hydrogens (tertiary/aromatic N) is 4. The highest BCUT2D eigenvalue weighted by Crippen LogP contribution is 2.37. The van der Waals surface area contributed by atoms with Gasteiger partial charge in [0.25, 0.3) is 0 Å². The highest BCUT2D eigenvalue weighted by molar-refractivity contribution is 8.00. The molecule has 0 amide bonds. The number of hydrogen-bond acceptors (Lipinski definition) is 10. The molecule has 2 aromatic heterocycles. The molecule has 1 aliphatic heterocycles. The summed E-state index contributed by atoms with van der Waals surface area (Å²) < 4.78 is 15.5. The van der Waals surface area contributed by atoms with E-state index in [1.807, 2.05) is 12.3 Å². The summed E-state index contributed by atoms with van der Waals surface area (Å²) in [5, 5.41) is 13.3. The number of aryl methyl sites for hydroxylation is 1. The second-order valence-electron chi connectivity index (χ2n) is 15.9. The van der Waals surface area contributed by atoms with E-state index in [2.05, 4.69) is 79.9 Å². The van der Waals surface area contributed by atoms with Gasteiger partial charge in [0.1, 0.15) is 6.61 Å². The molecule has 288 valence electrons. The van der Waals surface area contributed by atoms with Crippen LogP contribution in [0.2, 0.25) is 0 Å². The van der Waals surface area contributed by atoms with E-state index >= 15 is 0 Å². The molecule has 1 saturated carbocycles. The van der Waals surface area contributed by atoms with Crippen molar-refractivity contribution in [3.8, 4) is 17.1 Å². The fourth-order valence-corrected chi connectivity index (χ4v) is 8.18. The number of aromatic nitrogens is 3. The zero-order valence-corrected chi connectivity index (χ0v) is 33.3. The van der Waals surface area contributed by atoms with Gasteiger partial charge in [0.2, 0.25) is 11.8 Å². The summed E-state index contributed by atoms with van der Waals surface area (Å²) in [6.45, 7) is 15.2. The summed E-state index contributed by atoms with van der Waals surface area (Å²) in [5.41, 5.74) is 7.76. The number of benzene rings is 2. The fourth-order valence-electron chi connectivity index (χ4n) is 7.55. The number of aromatic carboxylic acids is 1. The van der Waals surface area contributed by atoms with Crippen molar-refractivity contribution in [3.05, 3.63) is 88.7 Å². The van der Waals surface area contributed by atoms with Crippen molar-refractivity contribution in [2.75, 3.05) is 42.5 Å². The molecule has 1 atom stereocenters. The number of morpholine rings is 1. The Bertz CT molecular complexity index is 1850. The second kappa shape index (κ2) is 18.4. The Balaban J connectivity index is 1.26. The molecule has 54 heavy (non-hydrogen) atoms. The fraction of sp³-hybridized carbons (Fsp3) is 0.488. The average Bonchev–Trinajstić information content (AvgIpc) is 3.17. The molecule has 2 aromatic carbocycles.